The lowest BCUT2D eigenvalue weighted by Gasteiger charge is -2.12. The lowest BCUT2D eigenvalue weighted by atomic mass is 10.1. The van der Waals surface area contributed by atoms with E-state index in [4.69, 9.17) is 0 Å². The number of nitrogens with one attached hydrogen (secondary N) is 1. The van der Waals surface area contributed by atoms with Gasteiger partial charge in [0, 0.05) is 11.4 Å². The van der Waals surface area contributed by atoms with Crippen LogP contribution in [-0.4, -0.2) is 22.4 Å². The number of hydrogen-bond acceptors (Lipinski definition) is 2. The summed E-state index contributed by atoms with van der Waals surface area (Å²) in [5.74, 6) is -1.15. The maximum absolute atomic E-state index is 13.4. The summed E-state index contributed by atoms with van der Waals surface area (Å²) in [7, 11) is 0. The molecule has 3 nitrogen and oxygen atoms in total. The van der Waals surface area contributed by atoms with Crippen LogP contribution in [0.5, 0.6) is 5.75 Å². The number of alkyl halides is 1. The molecule has 0 spiro atoms. The van der Waals surface area contributed by atoms with E-state index in [0.717, 1.165) is 19.3 Å². The zero-order valence-corrected chi connectivity index (χ0v) is 11.4. The van der Waals surface area contributed by atoms with Crippen molar-refractivity contribution >= 4 is 21.8 Å². The second kappa shape index (κ2) is 5.69. The third-order valence-corrected chi connectivity index (χ3v) is 4.08. The SMILES string of the molecule is O=C(NCC1CCC(Br)C1)c1c(O)cccc1F. The normalized spacial score (nSPS) is 23.0. The highest BCUT2D eigenvalue weighted by Gasteiger charge is 2.24. The van der Waals surface area contributed by atoms with E-state index in [1.165, 1.54) is 18.2 Å². The lowest BCUT2D eigenvalue weighted by molar-refractivity contribution is 0.0940. The summed E-state index contributed by atoms with van der Waals surface area (Å²) in [6.45, 7) is 0.523. The summed E-state index contributed by atoms with van der Waals surface area (Å²) in [6, 6.07) is 3.84. The van der Waals surface area contributed by atoms with E-state index in [2.05, 4.69) is 21.2 Å². The molecule has 0 bridgehead atoms. The summed E-state index contributed by atoms with van der Waals surface area (Å²) in [4.78, 5) is 12.3. The van der Waals surface area contributed by atoms with Gasteiger partial charge in [0.25, 0.3) is 5.91 Å². The van der Waals surface area contributed by atoms with Gasteiger partial charge in [0.05, 0.1) is 0 Å². The first-order valence-corrected chi connectivity index (χ1v) is 6.89. The minimum Gasteiger partial charge on any atom is -0.507 e. The fourth-order valence-electron chi connectivity index (χ4n) is 2.26. The maximum Gasteiger partial charge on any atom is 0.258 e. The van der Waals surface area contributed by atoms with Crippen molar-refractivity contribution < 1.29 is 14.3 Å². The number of carbonyl (C=O) groups is 1. The van der Waals surface area contributed by atoms with Gasteiger partial charge in [0.2, 0.25) is 0 Å². The van der Waals surface area contributed by atoms with E-state index in [1.807, 2.05) is 0 Å². The molecule has 2 atom stereocenters. The van der Waals surface area contributed by atoms with Gasteiger partial charge in [0.1, 0.15) is 17.1 Å². The van der Waals surface area contributed by atoms with E-state index in [1.54, 1.807) is 0 Å². The van der Waals surface area contributed by atoms with Crippen LogP contribution in [0.25, 0.3) is 0 Å². The van der Waals surface area contributed by atoms with Crippen molar-refractivity contribution in [1.29, 1.82) is 0 Å². The fourth-order valence-corrected chi connectivity index (χ4v) is 3.06. The summed E-state index contributed by atoms with van der Waals surface area (Å²) >= 11 is 3.54. The van der Waals surface area contributed by atoms with Gasteiger partial charge in [-0.3, -0.25) is 4.79 Å². The molecule has 1 aromatic rings. The van der Waals surface area contributed by atoms with Crippen LogP contribution in [0.2, 0.25) is 0 Å². The summed E-state index contributed by atoms with van der Waals surface area (Å²) in [5, 5.41) is 12.2. The zero-order chi connectivity index (χ0) is 13.1. The molecule has 0 aromatic heterocycles. The minimum atomic E-state index is -0.697. The van der Waals surface area contributed by atoms with Crippen molar-refractivity contribution in [3.8, 4) is 5.75 Å². The zero-order valence-electron chi connectivity index (χ0n) is 9.83. The van der Waals surface area contributed by atoms with Crippen molar-refractivity contribution in [3.05, 3.63) is 29.6 Å². The topological polar surface area (TPSA) is 49.3 Å². The average Bonchev–Trinajstić information content (AvgIpc) is 2.72. The molecule has 1 saturated carbocycles. The molecule has 1 fully saturated rings. The van der Waals surface area contributed by atoms with Crippen LogP contribution in [0, 0.1) is 11.7 Å². The largest absolute Gasteiger partial charge is 0.507 e. The van der Waals surface area contributed by atoms with Crippen LogP contribution < -0.4 is 5.32 Å². The number of amides is 1. The molecular formula is C13H15BrFNO2. The predicted octanol–water partition coefficient (Wildman–Crippen LogP) is 2.82. The Morgan fingerprint density at radius 2 is 2.28 bits per heavy atom. The molecule has 18 heavy (non-hydrogen) atoms. The first-order chi connectivity index (χ1) is 8.58. The highest BCUT2D eigenvalue weighted by atomic mass is 79.9. The van der Waals surface area contributed by atoms with E-state index in [9.17, 15) is 14.3 Å². The molecule has 1 aliphatic carbocycles. The summed E-state index contributed by atoms with van der Waals surface area (Å²) < 4.78 is 13.4. The van der Waals surface area contributed by atoms with Gasteiger partial charge in [-0.15, -0.1) is 0 Å². The number of benzene rings is 1. The standard InChI is InChI=1S/C13H15BrFNO2/c14-9-5-4-8(6-9)7-16-13(18)12-10(15)2-1-3-11(12)17/h1-3,8-9,17H,4-7H2,(H,16,18). The van der Waals surface area contributed by atoms with Gasteiger partial charge in [-0.05, 0) is 37.3 Å². The van der Waals surface area contributed by atoms with Crippen LogP contribution in [0.4, 0.5) is 4.39 Å². The quantitative estimate of drug-likeness (QED) is 0.843. The number of rotatable bonds is 3. The lowest BCUT2D eigenvalue weighted by Crippen LogP contribution is -2.29. The van der Waals surface area contributed by atoms with Gasteiger partial charge in [0.15, 0.2) is 0 Å². The summed E-state index contributed by atoms with van der Waals surface area (Å²) in [5.41, 5.74) is -0.272. The van der Waals surface area contributed by atoms with E-state index >= 15 is 0 Å². The number of aromatic hydroxyl groups is 1. The molecule has 0 radical (unpaired) electrons. The first-order valence-electron chi connectivity index (χ1n) is 5.97. The Kier molecular flexibility index (Phi) is 4.22. The van der Waals surface area contributed by atoms with Gasteiger partial charge < -0.3 is 10.4 Å². The fraction of sp³-hybridized carbons (Fsp3) is 0.462. The molecule has 0 aliphatic heterocycles. The average molecular weight is 316 g/mol. The smallest absolute Gasteiger partial charge is 0.258 e. The van der Waals surface area contributed by atoms with Crippen LogP contribution in [0.15, 0.2) is 18.2 Å². The number of hydrogen-bond donors (Lipinski definition) is 2. The Balaban J connectivity index is 1.96. The predicted molar refractivity (Wildman–Crippen MR) is 70.5 cm³/mol. The highest BCUT2D eigenvalue weighted by molar-refractivity contribution is 9.09. The Labute approximate surface area is 114 Å². The Morgan fingerprint density at radius 1 is 1.50 bits per heavy atom. The molecule has 2 N–H and O–H groups in total. The van der Waals surface area contributed by atoms with Crippen LogP contribution in [0.3, 0.4) is 0 Å². The van der Waals surface area contributed by atoms with Crippen molar-refractivity contribution in [2.45, 2.75) is 24.1 Å². The third-order valence-electron chi connectivity index (χ3n) is 3.25. The van der Waals surface area contributed by atoms with Crippen molar-refractivity contribution in [3.63, 3.8) is 0 Å². The molecular weight excluding hydrogens is 301 g/mol. The van der Waals surface area contributed by atoms with Gasteiger partial charge in [-0.25, -0.2) is 4.39 Å². The number of carbonyl (C=O) groups excluding carboxylic acids is 1. The van der Waals surface area contributed by atoms with Gasteiger partial charge in [-0.1, -0.05) is 22.0 Å². The molecule has 0 saturated heterocycles. The van der Waals surface area contributed by atoms with Crippen LogP contribution in [0.1, 0.15) is 29.6 Å². The van der Waals surface area contributed by atoms with Crippen LogP contribution in [-0.2, 0) is 0 Å². The highest BCUT2D eigenvalue weighted by Crippen LogP contribution is 2.30. The van der Waals surface area contributed by atoms with E-state index in [-0.39, 0.29) is 11.3 Å². The number of phenols is 1. The maximum atomic E-state index is 13.4. The molecule has 1 amide bonds. The van der Waals surface area contributed by atoms with Crippen molar-refractivity contribution in [2.24, 2.45) is 5.92 Å². The molecule has 98 valence electrons. The molecule has 2 rings (SSSR count). The minimum absolute atomic E-state index is 0.272. The van der Waals surface area contributed by atoms with Crippen molar-refractivity contribution in [2.75, 3.05) is 6.54 Å². The third kappa shape index (κ3) is 3.02. The summed E-state index contributed by atoms with van der Waals surface area (Å²) in [6.07, 6.45) is 3.18. The van der Waals surface area contributed by atoms with E-state index < -0.39 is 11.7 Å². The molecule has 1 aromatic carbocycles. The Hall–Kier alpha value is -1.10. The second-order valence-corrected chi connectivity index (χ2v) is 5.92. The first kappa shape index (κ1) is 13.3. The second-order valence-electron chi connectivity index (χ2n) is 4.62. The van der Waals surface area contributed by atoms with Gasteiger partial charge >= 0.3 is 0 Å². The van der Waals surface area contributed by atoms with Crippen LogP contribution >= 0.6 is 15.9 Å². The molecule has 2 unspecified atom stereocenters. The Bertz CT molecular complexity index is 432. The number of halogens is 2. The number of phenolic OH excluding ortho intramolecular Hbond substituents is 1. The Morgan fingerprint density at radius 3 is 2.89 bits per heavy atom. The molecule has 1 aliphatic rings. The molecule has 5 heteroatoms. The monoisotopic (exact) mass is 315 g/mol. The molecule has 0 heterocycles. The van der Waals surface area contributed by atoms with Gasteiger partial charge in [-0.2, -0.15) is 0 Å². The van der Waals surface area contributed by atoms with E-state index in [0.29, 0.717) is 17.3 Å². The van der Waals surface area contributed by atoms with Crippen molar-refractivity contribution in [1.82, 2.24) is 5.32 Å².